The van der Waals surface area contributed by atoms with Crippen LogP contribution in [0.3, 0.4) is 0 Å². The van der Waals surface area contributed by atoms with E-state index >= 15 is 0 Å². The molecule has 1 atom stereocenters. The van der Waals surface area contributed by atoms with E-state index in [0.29, 0.717) is 11.6 Å². The van der Waals surface area contributed by atoms with Gasteiger partial charge in [-0.1, -0.05) is 31.3 Å². The first-order valence-corrected chi connectivity index (χ1v) is 6.14. The van der Waals surface area contributed by atoms with Gasteiger partial charge in [-0.2, -0.15) is 0 Å². The number of aromatic nitrogens is 3. The largest absolute Gasteiger partial charge is 0.388 e. The Labute approximate surface area is 107 Å². The highest BCUT2D eigenvalue weighted by Gasteiger charge is 2.20. The van der Waals surface area contributed by atoms with Crippen molar-refractivity contribution >= 4 is 17.2 Å². The van der Waals surface area contributed by atoms with Crippen molar-refractivity contribution in [1.82, 2.24) is 15.0 Å². The second-order valence-electron chi connectivity index (χ2n) is 4.47. The Balaban J connectivity index is 3.00. The van der Waals surface area contributed by atoms with Crippen LogP contribution in [-0.4, -0.2) is 27.1 Å². The van der Waals surface area contributed by atoms with Crippen LogP contribution in [0, 0.1) is 5.92 Å². The first kappa shape index (κ1) is 14.1. The van der Waals surface area contributed by atoms with E-state index in [2.05, 4.69) is 24.2 Å². The third-order valence-electron chi connectivity index (χ3n) is 2.66. The summed E-state index contributed by atoms with van der Waals surface area (Å²) in [6.07, 6.45) is 0.914. The van der Waals surface area contributed by atoms with Crippen molar-refractivity contribution in [3.05, 3.63) is 11.4 Å². The second-order valence-corrected chi connectivity index (χ2v) is 4.91. The minimum absolute atomic E-state index is 0.117. The maximum Gasteiger partial charge on any atom is 0.145 e. The minimum atomic E-state index is -0.117. The SMILES string of the molecule is COC(C)c1c(C(N)=S)nnn1CCC(C)C. The summed E-state index contributed by atoms with van der Waals surface area (Å²) in [5, 5.41) is 8.13. The van der Waals surface area contributed by atoms with Crippen LogP contribution in [0.2, 0.25) is 0 Å². The number of hydrogen-bond donors (Lipinski definition) is 1. The predicted molar refractivity (Wildman–Crippen MR) is 70.8 cm³/mol. The molecule has 0 fully saturated rings. The van der Waals surface area contributed by atoms with Crippen molar-refractivity contribution in [1.29, 1.82) is 0 Å². The molecule has 0 aliphatic heterocycles. The molecule has 0 aliphatic rings. The molecule has 1 rings (SSSR count). The number of methoxy groups -OCH3 is 1. The first-order chi connectivity index (χ1) is 7.97. The maximum absolute atomic E-state index is 5.64. The molecule has 0 saturated heterocycles. The Morgan fingerprint density at radius 3 is 2.59 bits per heavy atom. The quantitative estimate of drug-likeness (QED) is 0.784. The molecule has 2 N–H and O–H groups in total. The van der Waals surface area contributed by atoms with Crippen molar-refractivity contribution in [2.45, 2.75) is 39.8 Å². The van der Waals surface area contributed by atoms with E-state index in [1.54, 1.807) is 7.11 Å². The Kier molecular flexibility index (Phi) is 5.02. The van der Waals surface area contributed by atoms with Crippen molar-refractivity contribution in [3.63, 3.8) is 0 Å². The lowest BCUT2D eigenvalue weighted by molar-refractivity contribution is 0.111. The van der Waals surface area contributed by atoms with Crippen LogP contribution in [0.15, 0.2) is 0 Å². The highest BCUT2D eigenvalue weighted by Crippen LogP contribution is 2.19. The topological polar surface area (TPSA) is 66.0 Å². The molecule has 0 aliphatic carbocycles. The fourth-order valence-electron chi connectivity index (χ4n) is 1.56. The van der Waals surface area contributed by atoms with Gasteiger partial charge in [-0.25, -0.2) is 4.68 Å². The smallest absolute Gasteiger partial charge is 0.145 e. The number of aryl methyl sites for hydroxylation is 1. The summed E-state index contributed by atoms with van der Waals surface area (Å²) in [5.41, 5.74) is 7.07. The second kappa shape index (κ2) is 6.07. The molecule has 0 aromatic carbocycles. The van der Waals surface area contributed by atoms with Crippen molar-refractivity contribution in [2.24, 2.45) is 11.7 Å². The summed E-state index contributed by atoms with van der Waals surface area (Å²) >= 11 is 4.97. The van der Waals surface area contributed by atoms with Crippen LogP contribution < -0.4 is 5.73 Å². The van der Waals surface area contributed by atoms with Gasteiger partial charge in [0, 0.05) is 13.7 Å². The van der Waals surface area contributed by atoms with Crippen LogP contribution in [0.1, 0.15) is 44.7 Å². The molecule has 1 aromatic rings. The van der Waals surface area contributed by atoms with E-state index in [1.165, 1.54) is 0 Å². The summed E-state index contributed by atoms with van der Waals surface area (Å²) in [4.78, 5) is 0.264. The van der Waals surface area contributed by atoms with Gasteiger partial charge in [0.25, 0.3) is 0 Å². The third kappa shape index (κ3) is 3.47. The zero-order chi connectivity index (χ0) is 13.0. The van der Waals surface area contributed by atoms with Gasteiger partial charge in [0.2, 0.25) is 0 Å². The standard InChI is InChI=1S/C11H20N4OS/c1-7(2)5-6-15-10(8(3)16-4)9(11(12)17)13-14-15/h7-8H,5-6H2,1-4H3,(H2,12,17). The molecule has 17 heavy (non-hydrogen) atoms. The Morgan fingerprint density at radius 2 is 2.12 bits per heavy atom. The van der Waals surface area contributed by atoms with E-state index in [1.807, 2.05) is 11.6 Å². The van der Waals surface area contributed by atoms with E-state index in [0.717, 1.165) is 18.7 Å². The van der Waals surface area contributed by atoms with Crippen LogP contribution in [0.4, 0.5) is 0 Å². The molecule has 0 bridgehead atoms. The molecule has 5 nitrogen and oxygen atoms in total. The summed E-state index contributed by atoms with van der Waals surface area (Å²) in [5.74, 6) is 0.609. The predicted octanol–water partition coefficient (Wildman–Crippen LogP) is 1.67. The number of hydrogen-bond acceptors (Lipinski definition) is 4. The van der Waals surface area contributed by atoms with Crippen molar-refractivity contribution in [3.8, 4) is 0 Å². The third-order valence-corrected chi connectivity index (χ3v) is 2.86. The highest BCUT2D eigenvalue weighted by atomic mass is 32.1. The lowest BCUT2D eigenvalue weighted by Crippen LogP contribution is -2.17. The van der Waals surface area contributed by atoms with E-state index in [4.69, 9.17) is 22.7 Å². The fourth-order valence-corrected chi connectivity index (χ4v) is 1.70. The molecule has 1 heterocycles. The summed E-state index contributed by atoms with van der Waals surface area (Å²) in [6.45, 7) is 7.08. The molecule has 0 saturated carbocycles. The summed E-state index contributed by atoms with van der Waals surface area (Å²) in [7, 11) is 1.65. The van der Waals surface area contributed by atoms with E-state index in [-0.39, 0.29) is 11.1 Å². The monoisotopic (exact) mass is 256 g/mol. The summed E-state index contributed by atoms with van der Waals surface area (Å²) in [6, 6.07) is 0. The Hall–Kier alpha value is -1.01. The number of rotatable bonds is 6. The minimum Gasteiger partial charge on any atom is -0.388 e. The average Bonchev–Trinajstić information content (AvgIpc) is 2.68. The molecule has 0 amide bonds. The highest BCUT2D eigenvalue weighted by molar-refractivity contribution is 7.80. The number of thiocarbonyl (C=S) groups is 1. The van der Waals surface area contributed by atoms with Gasteiger partial charge in [0.15, 0.2) is 0 Å². The Morgan fingerprint density at radius 1 is 1.47 bits per heavy atom. The van der Waals surface area contributed by atoms with Crippen molar-refractivity contribution < 1.29 is 4.74 Å². The van der Waals surface area contributed by atoms with E-state index < -0.39 is 0 Å². The molecule has 1 unspecified atom stereocenters. The lowest BCUT2D eigenvalue weighted by atomic mass is 10.1. The van der Waals surface area contributed by atoms with Gasteiger partial charge in [0.1, 0.15) is 10.7 Å². The molecule has 6 heteroatoms. The van der Waals surface area contributed by atoms with Crippen LogP contribution in [0.25, 0.3) is 0 Å². The zero-order valence-corrected chi connectivity index (χ0v) is 11.6. The molecule has 96 valence electrons. The zero-order valence-electron chi connectivity index (χ0n) is 10.8. The van der Waals surface area contributed by atoms with Crippen molar-refractivity contribution in [2.75, 3.05) is 7.11 Å². The maximum atomic E-state index is 5.64. The van der Waals surface area contributed by atoms with Crippen LogP contribution in [0.5, 0.6) is 0 Å². The summed E-state index contributed by atoms with van der Waals surface area (Å²) < 4.78 is 7.15. The van der Waals surface area contributed by atoms with Gasteiger partial charge in [-0.05, 0) is 19.3 Å². The normalized spacial score (nSPS) is 13.0. The number of nitrogens with zero attached hydrogens (tertiary/aromatic N) is 3. The van der Waals surface area contributed by atoms with E-state index in [9.17, 15) is 0 Å². The Bertz CT molecular complexity index is 389. The van der Waals surface area contributed by atoms with Gasteiger partial charge in [-0.3, -0.25) is 0 Å². The fraction of sp³-hybridized carbons (Fsp3) is 0.727. The molecule has 0 spiro atoms. The van der Waals surface area contributed by atoms with Gasteiger partial charge >= 0.3 is 0 Å². The lowest BCUT2D eigenvalue weighted by Gasteiger charge is -2.14. The number of nitrogens with two attached hydrogens (primary N) is 1. The molecular formula is C11H20N4OS. The molecular weight excluding hydrogens is 236 g/mol. The van der Waals surface area contributed by atoms with Gasteiger partial charge in [0.05, 0.1) is 11.8 Å². The number of ether oxygens (including phenoxy) is 1. The van der Waals surface area contributed by atoms with Crippen LogP contribution >= 0.6 is 12.2 Å². The van der Waals surface area contributed by atoms with Gasteiger partial charge < -0.3 is 10.5 Å². The average molecular weight is 256 g/mol. The van der Waals surface area contributed by atoms with Gasteiger partial charge in [-0.15, -0.1) is 5.10 Å². The molecule has 1 aromatic heterocycles. The van der Waals surface area contributed by atoms with Crippen LogP contribution in [-0.2, 0) is 11.3 Å². The first-order valence-electron chi connectivity index (χ1n) is 5.73. The molecule has 0 radical (unpaired) electrons.